The summed E-state index contributed by atoms with van der Waals surface area (Å²) in [7, 11) is 1.50. The molecule has 1 aromatic carbocycles. The smallest absolute Gasteiger partial charge is 0.313 e. The lowest BCUT2D eigenvalue weighted by molar-refractivity contribution is -0.163. The number of ether oxygens (including phenoxy) is 3. The van der Waals surface area contributed by atoms with Crippen molar-refractivity contribution in [3.8, 4) is 0 Å². The van der Waals surface area contributed by atoms with Gasteiger partial charge in [0.05, 0.1) is 43.2 Å². The van der Waals surface area contributed by atoms with Gasteiger partial charge in [0.2, 0.25) is 17.7 Å². The number of alkyl halides is 1. The molecule has 3 amide bonds. The third-order valence-electron chi connectivity index (χ3n) is 9.78. The van der Waals surface area contributed by atoms with Gasteiger partial charge in [0.1, 0.15) is 17.7 Å². The standard InChI is InChI=1S/C36H50BrN3O8/c1-8-10-16-27(42)38-25(20-46-7)30(23-14-12-11-13-15-23)47-35(45)28-29-33(43)40(26(19-41)21(3)4)32(34(44)39(17-9-2)22(5)6)36(29)18-24(37)31(28)48-36/h8-9,11-15,21-22,24-26,28-32,41H,1-2,10,16-20H2,3-7H3,(H,38,42)/t24?,25-,26-,28-,29+,30-,31-,32-,36+/m0/s1. The second kappa shape index (κ2) is 16.1. The number of likely N-dealkylation sites (tertiary alicyclic amines) is 1. The molecule has 1 spiro atoms. The molecule has 1 aromatic rings. The number of fused-ring (bicyclic) bond motifs is 1. The van der Waals surface area contributed by atoms with Crippen molar-refractivity contribution in [3.63, 3.8) is 0 Å². The minimum absolute atomic E-state index is 0.0515. The molecule has 3 aliphatic heterocycles. The Morgan fingerprint density at radius 2 is 1.88 bits per heavy atom. The van der Waals surface area contributed by atoms with Gasteiger partial charge in [0.25, 0.3) is 0 Å². The second-order valence-electron chi connectivity index (χ2n) is 13.5. The van der Waals surface area contributed by atoms with E-state index in [1.807, 2.05) is 45.9 Å². The zero-order valence-corrected chi connectivity index (χ0v) is 30.1. The van der Waals surface area contributed by atoms with Crippen LogP contribution in [0.1, 0.15) is 58.6 Å². The van der Waals surface area contributed by atoms with Crippen molar-refractivity contribution < 1.29 is 38.5 Å². The molecule has 3 aliphatic rings. The quantitative estimate of drug-likeness (QED) is 0.141. The van der Waals surface area contributed by atoms with Crippen LogP contribution in [0.4, 0.5) is 0 Å². The molecule has 9 atom stereocenters. The van der Waals surface area contributed by atoms with E-state index in [1.54, 1.807) is 29.2 Å². The highest BCUT2D eigenvalue weighted by atomic mass is 79.9. The molecule has 3 heterocycles. The number of methoxy groups -OCH3 is 1. The highest BCUT2D eigenvalue weighted by Crippen LogP contribution is 2.61. The molecule has 1 unspecified atom stereocenters. The number of allylic oxidation sites excluding steroid dienone is 1. The van der Waals surface area contributed by atoms with E-state index >= 15 is 0 Å². The molecule has 0 aromatic heterocycles. The number of esters is 1. The van der Waals surface area contributed by atoms with E-state index in [4.69, 9.17) is 14.2 Å². The molecule has 264 valence electrons. The molecule has 0 radical (unpaired) electrons. The van der Waals surface area contributed by atoms with Crippen LogP contribution in [0.25, 0.3) is 0 Å². The van der Waals surface area contributed by atoms with E-state index in [9.17, 15) is 24.3 Å². The highest BCUT2D eigenvalue weighted by molar-refractivity contribution is 9.09. The fourth-order valence-corrected chi connectivity index (χ4v) is 8.51. The molecule has 48 heavy (non-hydrogen) atoms. The minimum atomic E-state index is -1.33. The molecule has 0 aliphatic carbocycles. The maximum absolute atomic E-state index is 14.6. The number of nitrogens with one attached hydrogen (secondary N) is 1. The van der Waals surface area contributed by atoms with Crippen molar-refractivity contribution in [3.05, 3.63) is 61.2 Å². The number of benzene rings is 1. The number of aliphatic hydroxyl groups is 1. The first-order valence-electron chi connectivity index (χ1n) is 16.7. The Bertz CT molecular complexity index is 1340. The molecule has 3 saturated heterocycles. The third-order valence-corrected chi connectivity index (χ3v) is 10.6. The van der Waals surface area contributed by atoms with Gasteiger partial charge < -0.3 is 34.4 Å². The third kappa shape index (κ3) is 7.13. The van der Waals surface area contributed by atoms with Crippen LogP contribution in [0.3, 0.4) is 0 Å². The van der Waals surface area contributed by atoms with Crippen LogP contribution in [0.2, 0.25) is 0 Å². The summed E-state index contributed by atoms with van der Waals surface area (Å²) in [5.41, 5.74) is -0.698. The summed E-state index contributed by atoms with van der Waals surface area (Å²) in [5.74, 6) is -3.95. The van der Waals surface area contributed by atoms with Crippen LogP contribution in [-0.4, -0.2) is 106 Å². The maximum atomic E-state index is 14.6. The number of aliphatic hydroxyl groups excluding tert-OH is 1. The zero-order valence-electron chi connectivity index (χ0n) is 28.5. The summed E-state index contributed by atoms with van der Waals surface area (Å²) in [5, 5.41) is 13.5. The first-order chi connectivity index (χ1) is 22.9. The lowest BCUT2D eigenvalue weighted by Gasteiger charge is -2.41. The van der Waals surface area contributed by atoms with Crippen molar-refractivity contribution in [2.24, 2.45) is 17.8 Å². The second-order valence-corrected chi connectivity index (χ2v) is 14.7. The van der Waals surface area contributed by atoms with Crippen LogP contribution in [0.15, 0.2) is 55.6 Å². The van der Waals surface area contributed by atoms with E-state index in [-0.39, 0.29) is 54.8 Å². The Morgan fingerprint density at radius 3 is 2.44 bits per heavy atom. The number of amides is 3. The van der Waals surface area contributed by atoms with Gasteiger partial charge in [0.15, 0.2) is 0 Å². The first-order valence-corrected chi connectivity index (χ1v) is 17.6. The van der Waals surface area contributed by atoms with Gasteiger partial charge >= 0.3 is 5.97 Å². The van der Waals surface area contributed by atoms with E-state index in [1.165, 1.54) is 12.0 Å². The van der Waals surface area contributed by atoms with Crippen LogP contribution in [0, 0.1) is 17.8 Å². The molecule has 3 fully saturated rings. The van der Waals surface area contributed by atoms with Crippen LogP contribution >= 0.6 is 15.9 Å². The maximum Gasteiger partial charge on any atom is 0.313 e. The fraction of sp³-hybridized carbons (Fsp3) is 0.611. The minimum Gasteiger partial charge on any atom is -0.455 e. The highest BCUT2D eigenvalue weighted by Gasteiger charge is 2.77. The normalized spacial score (nSPS) is 27.8. The fourth-order valence-electron chi connectivity index (χ4n) is 7.57. The van der Waals surface area contributed by atoms with Crippen LogP contribution in [0.5, 0.6) is 0 Å². The lowest BCUT2D eigenvalue weighted by Crippen LogP contribution is -2.60. The average Bonchev–Trinajstić information content (AvgIpc) is 3.64. The van der Waals surface area contributed by atoms with E-state index < -0.39 is 59.6 Å². The van der Waals surface area contributed by atoms with Gasteiger partial charge in [-0.2, -0.15) is 0 Å². The van der Waals surface area contributed by atoms with Gasteiger partial charge in [-0.15, -0.1) is 13.2 Å². The number of carbonyl (C=O) groups excluding carboxylic acids is 4. The summed E-state index contributed by atoms with van der Waals surface area (Å²) in [4.78, 5) is 59.3. The van der Waals surface area contributed by atoms with Crippen LogP contribution in [-0.2, 0) is 33.4 Å². The Hall–Kier alpha value is -3.06. The molecule has 4 rings (SSSR count). The molecular formula is C36H50BrN3O8. The van der Waals surface area contributed by atoms with Crippen LogP contribution < -0.4 is 5.32 Å². The molecule has 2 N–H and O–H groups in total. The Labute approximate surface area is 292 Å². The molecule has 12 heteroatoms. The summed E-state index contributed by atoms with van der Waals surface area (Å²) in [6, 6.07) is 6.34. The van der Waals surface area contributed by atoms with E-state index in [0.29, 0.717) is 18.4 Å². The number of hydrogen-bond acceptors (Lipinski definition) is 8. The Kier molecular flexibility index (Phi) is 12.7. The Morgan fingerprint density at radius 1 is 1.19 bits per heavy atom. The molecule has 11 nitrogen and oxygen atoms in total. The van der Waals surface area contributed by atoms with Gasteiger partial charge in [-0.25, -0.2) is 0 Å². The number of nitrogens with zero attached hydrogens (tertiary/aromatic N) is 2. The summed E-state index contributed by atoms with van der Waals surface area (Å²) >= 11 is 3.72. The lowest BCUT2D eigenvalue weighted by atomic mass is 9.70. The largest absolute Gasteiger partial charge is 0.455 e. The monoisotopic (exact) mass is 731 g/mol. The Balaban J connectivity index is 1.77. The zero-order chi connectivity index (χ0) is 35.3. The number of carbonyl (C=O) groups is 4. The number of rotatable bonds is 17. The van der Waals surface area contributed by atoms with E-state index in [2.05, 4.69) is 34.4 Å². The first kappa shape index (κ1) is 37.8. The van der Waals surface area contributed by atoms with Crippen molar-refractivity contribution in [2.45, 2.75) is 93.8 Å². The van der Waals surface area contributed by atoms with Crippen molar-refractivity contribution in [2.75, 3.05) is 26.9 Å². The summed E-state index contributed by atoms with van der Waals surface area (Å²) < 4.78 is 18.4. The van der Waals surface area contributed by atoms with Gasteiger partial charge in [-0.3, -0.25) is 19.2 Å². The number of halogens is 1. The van der Waals surface area contributed by atoms with Crippen molar-refractivity contribution in [1.29, 1.82) is 0 Å². The predicted molar refractivity (Wildman–Crippen MR) is 184 cm³/mol. The SMILES string of the molecule is C=CCCC(=O)N[C@@H](COC)[C@@H](OC(=O)[C@@H]1[C@H]2O[C@@]3(CC2Br)[C@H](C(=O)N(CC=C)C(C)C)N([C@@H](CO)C(C)C)C(=O)[C@@H]13)c1ccccc1. The van der Waals surface area contributed by atoms with E-state index in [0.717, 1.165) is 0 Å². The summed E-state index contributed by atoms with van der Waals surface area (Å²) in [6.45, 7) is 15.0. The van der Waals surface area contributed by atoms with Crippen molar-refractivity contribution >= 4 is 39.6 Å². The van der Waals surface area contributed by atoms with Crippen molar-refractivity contribution in [1.82, 2.24) is 15.1 Å². The van der Waals surface area contributed by atoms with Gasteiger partial charge in [0, 0.05) is 30.9 Å². The average molecular weight is 733 g/mol. The number of hydrogen-bond donors (Lipinski definition) is 2. The molecule has 0 saturated carbocycles. The predicted octanol–water partition coefficient (Wildman–Crippen LogP) is 3.56. The van der Waals surface area contributed by atoms with Gasteiger partial charge in [-0.05, 0) is 38.2 Å². The molecule has 2 bridgehead atoms. The molecular weight excluding hydrogens is 682 g/mol. The van der Waals surface area contributed by atoms with Gasteiger partial charge in [-0.1, -0.05) is 72.3 Å². The topological polar surface area (TPSA) is 135 Å². The summed E-state index contributed by atoms with van der Waals surface area (Å²) in [6.07, 6.45) is 2.58.